The van der Waals surface area contributed by atoms with Gasteiger partial charge in [0.1, 0.15) is 0 Å². The number of aromatic nitrogens is 2. The number of benzene rings is 1. The molecule has 1 aliphatic carbocycles. The lowest BCUT2D eigenvalue weighted by atomic mass is 9.86. The lowest BCUT2D eigenvalue weighted by Crippen LogP contribution is -2.51. The van der Waals surface area contributed by atoms with E-state index in [0.717, 1.165) is 60.2 Å². The van der Waals surface area contributed by atoms with Gasteiger partial charge in [0.2, 0.25) is 5.91 Å². The Morgan fingerprint density at radius 1 is 1.19 bits per heavy atom. The van der Waals surface area contributed by atoms with Crippen LogP contribution in [-0.4, -0.2) is 59.1 Å². The van der Waals surface area contributed by atoms with E-state index >= 15 is 0 Å². The largest absolute Gasteiger partial charge is 0.355 e. The lowest BCUT2D eigenvalue weighted by molar-refractivity contribution is -0.122. The van der Waals surface area contributed by atoms with Crippen LogP contribution >= 0.6 is 27.5 Å². The average Bonchev–Trinajstić information content (AvgIpc) is 3.53. The topological polar surface area (TPSA) is 78.4 Å². The second-order valence-corrected chi connectivity index (χ2v) is 9.98. The number of halogens is 2. The molecule has 1 saturated carbocycles. The Bertz CT molecular complexity index is 1020. The summed E-state index contributed by atoms with van der Waals surface area (Å²) in [5.74, 6) is 0.661. The summed E-state index contributed by atoms with van der Waals surface area (Å²) in [6.07, 6.45) is 3.78. The number of piperidine rings is 1. The summed E-state index contributed by atoms with van der Waals surface area (Å²) in [6.45, 7) is 2.31. The molecule has 3 heterocycles. The Morgan fingerprint density at radius 3 is 2.65 bits per heavy atom. The molecule has 162 valence electrons. The van der Waals surface area contributed by atoms with Gasteiger partial charge in [-0.15, -0.1) is 10.2 Å². The summed E-state index contributed by atoms with van der Waals surface area (Å²) in [4.78, 5) is 29.6. The first kappa shape index (κ1) is 20.7. The van der Waals surface area contributed by atoms with Gasteiger partial charge in [0.25, 0.3) is 5.91 Å². The zero-order chi connectivity index (χ0) is 21.6. The zero-order valence-corrected chi connectivity index (χ0v) is 19.3. The third-order valence-corrected chi connectivity index (χ3v) is 7.25. The van der Waals surface area contributed by atoms with Crippen molar-refractivity contribution >= 4 is 45.2 Å². The first-order chi connectivity index (χ1) is 14.9. The summed E-state index contributed by atoms with van der Waals surface area (Å²) in [5, 5.41) is 11.5. The second-order valence-electron chi connectivity index (χ2n) is 8.67. The maximum Gasteiger partial charge on any atom is 0.254 e. The molecule has 5 rings (SSSR count). The van der Waals surface area contributed by atoms with Crippen molar-refractivity contribution in [2.45, 2.75) is 37.1 Å². The van der Waals surface area contributed by atoms with Gasteiger partial charge in [-0.05, 0) is 61.6 Å². The quantitative estimate of drug-likeness (QED) is 0.692. The van der Waals surface area contributed by atoms with Gasteiger partial charge in [-0.25, -0.2) is 0 Å². The highest BCUT2D eigenvalue weighted by atomic mass is 79.9. The molecule has 2 aliphatic heterocycles. The number of hydrogen-bond donors (Lipinski definition) is 1. The number of carbonyl (C=O) groups is 2. The molecule has 31 heavy (non-hydrogen) atoms. The van der Waals surface area contributed by atoms with Crippen LogP contribution in [-0.2, 0) is 10.2 Å². The molecule has 1 aromatic heterocycles. The van der Waals surface area contributed by atoms with E-state index in [1.54, 1.807) is 11.0 Å². The molecule has 1 saturated heterocycles. The van der Waals surface area contributed by atoms with Crippen LogP contribution in [0.1, 0.15) is 41.6 Å². The molecule has 7 nitrogen and oxygen atoms in total. The molecule has 1 spiro atoms. The lowest BCUT2D eigenvalue weighted by Gasteiger charge is -2.36. The molecule has 2 aromatic rings. The minimum Gasteiger partial charge on any atom is -0.355 e. The number of anilines is 1. The predicted octanol–water partition coefficient (Wildman–Crippen LogP) is 3.17. The molecule has 0 unspecified atom stereocenters. The highest BCUT2D eigenvalue weighted by Crippen LogP contribution is 2.52. The van der Waals surface area contributed by atoms with Gasteiger partial charge in [-0.2, -0.15) is 0 Å². The fourth-order valence-electron chi connectivity index (χ4n) is 4.72. The minimum atomic E-state index is -0.0885. The molecule has 1 N–H and O–H groups in total. The van der Waals surface area contributed by atoms with Crippen LogP contribution in [0, 0.1) is 0 Å². The number of fused-ring (bicyclic) bond motifs is 2. The molecular weight excluding hydrogens is 482 g/mol. The molecule has 0 bridgehead atoms. The van der Waals surface area contributed by atoms with Crippen molar-refractivity contribution in [2.24, 2.45) is 0 Å². The van der Waals surface area contributed by atoms with Crippen LogP contribution in [0.4, 0.5) is 5.82 Å². The van der Waals surface area contributed by atoms with Crippen LogP contribution in [0.3, 0.4) is 0 Å². The van der Waals surface area contributed by atoms with Gasteiger partial charge < -0.3 is 15.1 Å². The van der Waals surface area contributed by atoms with Crippen LogP contribution in [0.2, 0.25) is 5.15 Å². The zero-order valence-electron chi connectivity index (χ0n) is 17.0. The number of rotatable bonds is 4. The molecule has 0 atom stereocenters. The van der Waals surface area contributed by atoms with E-state index in [1.165, 1.54) is 0 Å². The number of hydrogen-bond acceptors (Lipinski definition) is 5. The Balaban J connectivity index is 1.18. The summed E-state index contributed by atoms with van der Waals surface area (Å²) in [5.41, 5.74) is 1.89. The van der Waals surface area contributed by atoms with Crippen molar-refractivity contribution in [3.8, 4) is 0 Å². The van der Waals surface area contributed by atoms with Crippen molar-refractivity contribution in [1.82, 2.24) is 20.4 Å². The van der Waals surface area contributed by atoms with E-state index in [-0.39, 0.29) is 29.8 Å². The van der Waals surface area contributed by atoms with E-state index in [0.29, 0.717) is 11.7 Å². The van der Waals surface area contributed by atoms with E-state index in [1.807, 2.05) is 18.2 Å². The molecule has 3 aliphatic rings. The van der Waals surface area contributed by atoms with E-state index < -0.39 is 0 Å². The standard InChI is InChI=1S/C22H23BrClN5O2/c23-14-1-2-16-17(11-14)22(7-8-22)13-29(21(16)31)12-20(30)25-15-5-9-28(10-6-15)19-4-3-18(24)26-27-19/h1-4,11,15H,5-10,12-13H2,(H,25,30). The van der Waals surface area contributed by atoms with Crippen LogP contribution in [0.25, 0.3) is 0 Å². The molecule has 1 aromatic carbocycles. The van der Waals surface area contributed by atoms with Gasteiger partial charge in [-0.1, -0.05) is 27.5 Å². The first-order valence-corrected chi connectivity index (χ1v) is 11.7. The van der Waals surface area contributed by atoms with Crippen LogP contribution < -0.4 is 10.2 Å². The second kappa shape index (κ2) is 8.06. The SMILES string of the molecule is O=C(CN1CC2(CC2)c2cc(Br)ccc2C1=O)NC1CCN(c2ccc(Cl)nn2)CC1. The molecule has 2 fully saturated rings. The minimum absolute atomic E-state index is 0.0261. The fourth-order valence-corrected chi connectivity index (χ4v) is 5.18. The van der Waals surface area contributed by atoms with E-state index in [9.17, 15) is 9.59 Å². The molecule has 9 heteroatoms. The predicted molar refractivity (Wildman–Crippen MR) is 121 cm³/mol. The number of carbonyl (C=O) groups excluding carboxylic acids is 2. The average molecular weight is 505 g/mol. The molecule has 2 amide bonds. The number of nitrogens with zero attached hydrogens (tertiary/aromatic N) is 4. The molecule has 0 radical (unpaired) electrons. The van der Waals surface area contributed by atoms with Gasteiger partial charge in [0, 0.05) is 41.1 Å². The van der Waals surface area contributed by atoms with Gasteiger partial charge in [0.05, 0.1) is 6.54 Å². The summed E-state index contributed by atoms with van der Waals surface area (Å²) in [7, 11) is 0. The van der Waals surface area contributed by atoms with Crippen molar-refractivity contribution in [1.29, 1.82) is 0 Å². The van der Waals surface area contributed by atoms with Crippen molar-refractivity contribution in [2.75, 3.05) is 31.1 Å². The summed E-state index contributed by atoms with van der Waals surface area (Å²) >= 11 is 9.32. The van der Waals surface area contributed by atoms with Gasteiger partial charge in [0.15, 0.2) is 11.0 Å². The van der Waals surface area contributed by atoms with Crippen molar-refractivity contribution < 1.29 is 9.59 Å². The monoisotopic (exact) mass is 503 g/mol. The van der Waals surface area contributed by atoms with Crippen LogP contribution in [0.15, 0.2) is 34.8 Å². The smallest absolute Gasteiger partial charge is 0.254 e. The highest BCUT2D eigenvalue weighted by molar-refractivity contribution is 9.10. The first-order valence-electron chi connectivity index (χ1n) is 10.6. The highest BCUT2D eigenvalue weighted by Gasteiger charge is 2.51. The van der Waals surface area contributed by atoms with Crippen LogP contribution in [0.5, 0.6) is 0 Å². The number of nitrogens with one attached hydrogen (secondary N) is 1. The fraction of sp³-hybridized carbons (Fsp3) is 0.455. The van der Waals surface area contributed by atoms with E-state index in [2.05, 4.69) is 42.4 Å². The Morgan fingerprint density at radius 2 is 1.97 bits per heavy atom. The Kier molecular flexibility index (Phi) is 5.38. The van der Waals surface area contributed by atoms with Gasteiger partial charge >= 0.3 is 0 Å². The maximum atomic E-state index is 13.0. The normalized spacial score (nSPS) is 20.0. The third-order valence-electron chi connectivity index (χ3n) is 6.55. The van der Waals surface area contributed by atoms with Crippen molar-refractivity contribution in [3.05, 3.63) is 51.1 Å². The summed E-state index contributed by atoms with van der Waals surface area (Å²) in [6, 6.07) is 9.53. The summed E-state index contributed by atoms with van der Waals surface area (Å²) < 4.78 is 0.993. The van der Waals surface area contributed by atoms with Crippen molar-refractivity contribution in [3.63, 3.8) is 0 Å². The molecular formula is C22H23BrClN5O2. The maximum absolute atomic E-state index is 13.0. The number of amides is 2. The Hall–Kier alpha value is -2.19. The van der Waals surface area contributed by atoms with Gasteiger partial charge in [-0.3, -0.25) is 9.59 Å². The van der Waals surface area contributed by atoms with E-state index in [4.69, 9.17) is 11.6 Å². The third kappa shape index (κ3) is 4.15. The Labute approximate surface area is 194 Å².